The van der Waals surface area contributed by atoms with Crippen molar-refractivity contribution in [1.29, 1.82) is 0 Å². The number of esters is 1. The number of hydrogen-bond acceptors (Lipinski definition) is 4. The van der Waals surface area contributed by atoms with Crippen molar-refractivity contribution in [3.05, 3.63) is 0 Å². The molecule has 0 aromatic rings. The molecule has 0 aromatic carbocycles. The lowest BCUT2D eigenvalue weighted by atomic mass is 9.81. The summed E-state index contributed by atoms with van der Waals surface area (Å²) in [5.74, 6) is 0.475. The minimum absolute atomic E-state index is 0.0646. The Hall–Kier alpha value is -1.10. The van der Waals surface area contributed by atoms with Crippen LogP contribution in [0.3, 0.4) is 0 Å². The summed E-state index contributed by atoms with van der Waals surface area (Å²) in [7, 11) is 0. The standard InChI is InChI=1S/C13H24N2O3/c1-2-18-12(16)7-8-15-13(17)11-5-3-10(9-14)4-6-11/h10-11H,2-9,14H2,1H3,(H,15,17). The second-order valence-corrected chi connectivity index (χ2v) is 4.80. The van der Waals surface area contributed by atoms with Gasteiger partial charge in [-0.25, -0.2) is 0 Å². The minimum atomic E-state index is -0.260. The van der Waals surface area contributed by atoms with Crippen LogP contribution in [0.5, 0.6) is 0 Å². The molecule has 0 saturated heterocycles. The Kier molecular flexibility index (Phi) is 6.72. The van der Waals surface area contributed by atoms with Crippen molar-refractivity contribution in [1.82, 2.24) is 5.32 Å². The highest BCUT2D eigenvalue weighted by molar-refractivity contribution is 5.79. The maximum Gasteiger partial charge on any atom is 0.307 e. The molecule has 0 unspecified atom stereocenters. The molecule has 1 fully saturated rings. The van der Waals surface area contributed by atoms with Crippen molar-refractivity contribution >= 4 is 11.9 Å². The fourth-order valence-electron chi connectivity index (χ4n) is 2.33. The number of ether oxygens (including phenoxy) is 1. The van der Waals surface area contributed by atoms with Crippen LogP contribution in [-0.4, -0.2) is 31.6 Å². The third-order valence-electron chi connectivity index (χ3n) is 3.48. The lowest BCUT2D eigenvalue weighted by Gasteiger charge is -2.26. The zero-order valence-electron chi connectivity index (χ0n) is 11.1. The molecule has 1 rings (SSSR count). The van der Waals surface area contributed by atoms with Gasteiger partial charge in [-0.1, -0.05) is 0 Å². The Balaban J connectivity index is 2.15. The first kappa shape index (κ1) is 15.0. The van der Waals surface area contributed by atoms with Crippen molar-refractivity contribution < 1.29 is 14.3 Å². The first-order valence-corrected chi connectivity index (χ1v) is 6.80. The molecule has 18 heavy (non-hydrogen) atoms. The molecule has 0 atom stereocenters. The van der Waals surface area contributed by atoms with E-state index in [-0.39, 0.29) is 24.2 Å². The first-order valence-electron chi connectivity index (χ1n) is 6.80. The predicted octanol–water partition coefficient (Wildman–Crippen LogP) is 0.821. The van der Waals surface area contributed by atoms with E-state index < -0.39 is 0 Å². The Morgan fingerprint density at radius 1 is 1.28 bits per heavy atom. The summed E-state index contributed by atoms with van der Waals surface area (Å²) in [5.41, 5.74) is 5.61. The number of nitrogens with two attached hydrogens (primary N) is 1. The smallest absolute Gasteiger partial charge is 0.307 e. The molecule has 104 valence electrons. The number of amides is 1. The summed E-state index contributed by atoms with van der Waals surface area (Å²) in [6, 6.07) is 0. The Morgan fingerprint density at radius 3 is 2.50 bits per heavy atom. The van der Waals surface area contributed by atoms with Gasteiger partial charge in [0.1, 0.15) is 0 Å². The fourth-order valence-corrected chi connectivity index (χ4v) is 2.33. The third-order valence-corrected chi connectivity index (χ3v) is 3.48. The molecule has 0 aromatic heterocycles. The molecule has 1 aliphatic carbocycles. The second-order valence-electron chi connectivity index (χ2n) is 4.80. The molecule has 1 saturated carbocycles. The molecule has 0 heterocycles. The normalized spacial score (nSPS) is 23.4. The Bertz CT molecular complexity index is 273. The van der Waals surface area contributed by atoms with Gasteiger partial charge in [0.2, 0.25) is 5.91 Å². The zero-order valence-corrected chi connectivity index (χ0v) is 11.1. The van der Waals surface area contributed by atoms with Crippen LogP contribution in [0.4, 0.5) is 0 Å². The summed E-state index contributed by atoms with van der Waals surface area (Å²) in [6.07, 6.45) is 4.14. The van der Waals surface area contributed by atoms with Gasteiger partial charge in [0.25, 0.3) is 0 Å². The van der Waals surface area contributed by atoms with Gasteiger partial charge in [0.05, 0.1) is 13.0 Å². The van der Waals surface area contributed by atoms with Crippen molar-refractivity contribution in [2.75, 3.05) is 19.7 Å². The SMILES string of the molecule is CCOC(=O)CCNC(=O)C1CCC(CN)CC1. The van der Waals surface area contributed by atoms with Crippen LogP contribution in [0.25, 0.3) is 0 Å². The highest BCUT2D eigenvalue weighted by atomic mass is 16.5. The highest BCUT2D eigenvalue weighted by Crippen LogP contribution is 2.28. The molecule has 0 bridgehead atoms. The molecular weight excluding hydrogens is 232 g/mol. The van der Waals surface area contributed by atoms with Gasteiger partial charge in [-0.2, -0.15) is 0 Å². The topological polar surface area (TPSA) is 81.4 Å². The van der Waals surface area contributed by atoms with E-state index in [9.17, 15) is 9.59 Å². The minimum Gasteiger partial charge on any atom is -0.466 e. The largest absolute Gasteiger partial charge is 0.466 e. The van der Waals surface area contributed by atoms with Crippen LogP contribution < -0.4 is 11.1 Å². The van der Waals surface area contributed by atoms with E-state index in [2.05, 4.69) is 5.32 Å². The number of carbonyl (C=O) groups excluding carboxylic acids is 2. The van der Waals surface area contributed by atoms with E-state index in [1.807, 2.05) is 0 Å². The number of nitrogens with one attached hydrogen (secondary N) is 1. The van der Waals surface area contributed by atoms with Gasteiger partial charge in [-0.3, -0.25) is 9.59 Å². The summed E-state index contributed by atoms with van der Waals surface area (Å²) in [4.78, 5) is 22.9. The predicted molar refractivity (Wildman–Crippen MR) is 68.8 cm³/mol. The van der Waals surface area contributed by atoms with Crippen LogP contribution >= 0.6 is 0 Å². The van der Waals surface area contributed by atoms with Crippen LogP contribution in [0.2, 0.25) is 0 Å². The molecule has 0 radical (unpaired) electrons. The summed E-state index contributed by atoms with van der Waals surface area (Å²) in [6.45, 7) is 3.24. The van der Waals surface area contributed by atoms with E-state index in [4.69, 9.17) is 10.5 Å². The van der Waals surface area contributed by atoms with Gasteiger partial charge in [0.15, 0.2) is 0 Å². The molecule has 0 spiro atoms. The number of rotatable bonds is 6. The van der Waals surface area contributed by atoms with Crippen molar-refractivity contribution in [2.45, 2.75) is 39.0 Å². The lowest BCUT2D eigenvalue weighted by Crippen LogP contribution is -2.35. The Morgan fingerprint density at radius 2 is 1.94 bits per heavy atom. The molecule has 3 N–H and O–H groups in total. The average molecular weight is 256 g/mol. The molecule has 5 nitrogen and oxygen atoms in total. The van der Waals surface area contributed by atoms with E-state index in [1.54, 1.807) is 6.92 Å². The van der Waals surface area contributed by atoms with Gasteiger partial charge < -0.3 is 15.8 Å². The molecular formula is C13H24N2O3. The molecule has 0 aliphatic heterocycles. The number of carbonyl (C=O) groups is 2. The maximum atomic E-state index is 11.8. The van der Waals surface area contributed by atoms with E-state index in [0.717, 1.165) is 32.2 Å². The Labute approximate surface area is 108 Å². The summed E-state index contributed by atoms with van der Waals surface area (Å²) in [5, 5.41) is 2.80. The van der Waals surface area contributed by atoms with Crippen LogP contribution in [0, 0.1) is 11.8 Å². The molecule has 1 aliphatic rings. The van der Waals surface area contributed by atoms with Gasteiger partial charge in [-0.05, 0) is 45.1 Å². The molecule has 1 amide bonds. The lowest BCUT2D eigenvalue weighted by molar-refractivity contribution is -0.143. The highest BCUT2D eigenvalue weighted by Gasteiger charge is 2.25. The van der Waals surface area contributed by atoms with Gasteiger partial charge in [-0.15, -0.1) is 0 Å². The van der Waals surface area contributed by atoms with Crippen LogP contribution in [-0.2, 0) is 14.3 Å². The van der Waals surface area contributed by atoms with Crippen LogP contribution in [0.15, 0.2) is 0 Å². The maximum absolute atomic E-state index is 11.8. The zero-order chi connectivity index (χ0) is 13.4. The quantitative estimate of drug-likeness (QED) is 0.689. The fraction of sp³-hybridized carbons (Fsp3) is 0.846. The average Bonchev–Trinajstić information content (AvgIpc) is 2.39. The van der Waals surface area contributed by atoms with Crippen molar-refractivity contribution in [3.8, 4) is 0 Å². The van der Waals surface area contributed by atoms with Gasteiger partial charge in [0, 0.05) is 12.5 Å². The number of hydrogen-bond donors (Lipinski definition) is 2. The van der Waals surface area contributed by atoms with Crippen molar-refractivity contribution in [2.24, 2.45) is 17.6 Å². The monoisotopic (exact) mass is 256 g/mol. The van der Waals surface area contributed by atoms with Crippen molar-refractivity contribution in [3.63, 3.8) is 0 Å². The second kappa shape index (κ2) is 8.08. The summed E-state index contributed by atoms with van der Waals surface area (Å²) < 4.78 is 4.79. The van der Waals surface area contributed by atoms with Crippen LogP contribution in [0.1, 0.15) is 39.0 Å². The first-order chi connectivity index (χ1) is 8.67. The summed E-state index contributed by atoms with van der Waals surface area (Å²) >= 11 is 0. The van der Waals surface area contributed by atoms with E-state index >= 15 is 0 Å². The van der Waals surface area contributed by atoms with E-state index in [1.165, 1.54) is 0 Å². The van der Waals surface area contributed by atoms with Gasteiger partial charge >= 0.3 is 5.97 Å². The van der Waals surface area contributed by atoms with E-state index in [0.29, 0.717) is 19.1 Å². The third kappa shape index (κ3) is 5.04. The molecule has 5 heteroatoms.